The minimum absolute atomic E-state index is 0.810. The molecule has 10 heavy (non-hydrogen) atoms. The Morgan fingerprint density at radius 1 is 1.60 bits per heavy atom. The zero-order chi connectivity index (χ0) is 6.97. The molecule has 2 aliphatic rings. The van der Waals surface area contributed by atoms with Crippen LogP contribution in [0.3, 0.4) is 0 Å². The lowest BCUT2D eigenvalue weighted by molar-refractivity contribution is 0.200. The summed E-state index contributed by atoms with van der Waals surface area (Å²) >= 11 is 0. The van der Waals surface area contributed by atoms with Crippen LogP contribution in [-0.4, -0.2) is 17.1 Å². The predicted molar refractivity (Wildman–Crippen MR) is 34.8 cm³/mol. The maximum Gasteiger partial charge on any atom is 0.188 e. The Hall–Kier alpha value is -1.36. The summed E-state index contributed by atoms with van der Waals surface area (Å²) in [4.78, 5) is 0. The van der Waals surface area contributed by atoms with Crippen LogP contribution in [0.5, 0.6) is 0 Å². The molecule has 0 radical (unpaired) electrons. The zero-order valence-electron chi connectivity index (χ0n) is 5.52. The van der Waals surface area contributed by atoms with Gasteiger partial charge < -0.3 is 0 Å². The number of rotatable bonds is 0. The fraction of sp³-hybridized carbons (Fsp3) is 0.200. The molecule has 0 amide bonds. The lowest BCUT2D eigenvalue weighted by Gasteiger charge is -2.16. The van der Waals surface area contributed by atoms with E-state index in [1.807, 2.05) is 24.5 Å². The van der Waals surface area contributed by atoms with Gasteiger partial charge in [0.1, 0.15) is 0 Å². The summed E-state index contributed by atoms with van der Waals surface area (Å²) in [5, 5.41) is 11.2. The third-order valence-corrected chi connectivity index (χ3v) is 1.26. The van der Waals surface area contributed by atoms with Crippen molar-refractivity contribution < 1.29 is 0 Å². The van der Waals surface area contributed by atoms with E-state index >= 15 is 0 Å². The van der Waals surface area contributed by atoms with Gasteiger partial charge in [-0.15, -0.1) is 10.6 Å². The number of nitrogens with one attached hydrogen (secondary N) is 1. The van der Waals surface area contributed by atoms with Gasteiger partial charge in [0, 0.05) is 13.2 Å². The Bertz CT molecular complexity index is 228. The third-order valence-electron chi connectivity index (χ3n) is 1.26. The Balaban J connectivity index is 2.29. The minimum Gasteiger partial charge on any atom is -0.297 e. The molecule has 2 heterocycles. The van der Waals surface area contributed by atoms with Crippen LogP contribution in [0.2, 0.25) is 0 Å². The highest BCUT2D eigenvalue weighted by Gasteiger charge is 2.16. The molecule has 0 bridgehead atoms. The van der Waals surface area contributed by atoms with Crippen molar-refractivity contribution in [1.29, 1.82) is 0 Å². The first-order chi connectivity index (χ1) is 4.86. The smallest absolute Gasteiger partial charge is 0.188 e. The first kappa shape index (κ1) is 5.43. The zero-order valence-corrected chi connectivity index (χ0v) is 5.52. The molecular weight excluding hydrogens is 130 g/mol. The van der Waals surface area contributed by atoms with Gasteiger partial charge in [-0.2, -0.15) is 5.11 Å². The number of hydrogen-bond donors (Lipinski definition) is 1. The van der Waals surface area contributed by atoms with Crippen molar-refractivity contribution in [1.82, 2.24) is 15.6 Å². The molecule has 52 valence electrons. The van der Waals surface area contributed by atoms with Crippen LogP contribution < -0.4 is 5.53 Å². The van der Waals surface area contributed by atoms with E-state index in [-0.39, 0.29) is 0 Å². The molecule has 0 unspecified atom stereocenters. The standard InChI is InChI=1S/C5H7N5/c1-9-4-5-7-6-2-3-10(5)8-9/h2-4,8H,1H3. The van der Waals surface area contributed by atoms with Crippen molar-refractivity contribution in [3.63, 3.8) is 0 Å². The molecule has 0 saturated heterocycles. The summed E-state index contributed by atoms with van der Waals surface area (Å²) in [5.74, 6) is 0.810. The topological polar surface area (TPSA) is 43.2 Å². The fourth-order valence-electron chi connectivity index (χ4n) is 0.858. The maximum absolute atomic E-state index is 3.86. The highest BCUT2D eigenvalue weighted by atomic mass is 15.8. The van der Waals surface area contributed by atoms with E-state index in [4.69, 9.17) is 0 Å². The van der Waals surface area contributed by atoms with Crippen LogP contribution >= 0.6 is 0 Å². The first-order valence-corrected chi connectivity index (χ1v) is 2.94. The van der Waals surface area contributed by atoms with E-state index in [1.165, 1.54) is 0 Å². The van der Waals surface area contributed by atoms with Gasteiger partial charge in [0.2, 0.25) is 0 Å². The number of fused-ring (bicyclic) bond motifs is 1. The van der Waals surface area contributed by atoms with Crippen LogP contribution in [0.15, 0.2) is 34.6 Å². The van der Waals surface area contributed by atoms with Crippen molar-refractivity contribution in [3.8, 4) is 0 Å². The molecule has 0 aliphatic carbocycles. The summed E-state index contributed by atoms with van der Waals surface area (Å²) < 4.78 is 0. The van der Waals surface area contributed by atoms with Crippen LogP contribution in [-0.2, 0) is 0 Å². The van der Waals surface area contributed by atoms with Gasteiger partial charge in [0.25, 0.3) is 0 Å². The number of azo groups is 1. The lowest BCUT2D eigenvalue weighted by atomic mass is 10.7. The van der Waals surface area contributed by atoms with Gasteiger partial charge in [0.15, 0.2) is 5.82 Å². The average molecular weight is 137 g/mol. The molecule has 0 aromatic carbocycles. The van der Waals surface area contributed by atoms with Crippen molar-refractivity contribution in [3.05, 3.63) is 24.4 Å². The van der Waals surface area contributed by atoms with E-state index in [0.29, 0.717) is 0 Å². The second-order valence-corrected chi connectivity index (χ2v) is 2.08. The van der Waals surface area contributed by atoms with Crippen LogP contribution in [0.4, 0.5) is 0 Å². The number of hydrogen-bond acceptors (Lipinski definition) is 5. The fourth-order valence-corrected chi connectivity index (χ4v) is 0.858. The molecule has 5 heteroatoms. The Labute approximate surface area is 58.3 Å². The van der Waals surface area contributed by atoms with E-state index in [9.17, 15) is 0 Å². The van der Waals surface area contributed by atoms with Gasteiger partial charge in [-0.3, -0.25) is 5.01 Å². The number of nitrogens with zero attached hydrogens (tertiary/aromatic N) is 4. The van der Waals surface area contributed by atoms with E-state index in [0.717, 1.165) is 5.82 Å². The Morgan fingerprint density at radius 2 is 2.50 bits per heavy atom. The maximum atomic E-state index is 3.86. The second-order valence-electron chi connectivity index (χ2n) is 2.08. The lowest BCUT2D eigenvalue weighted by Crippen LogP contribution is -2.34. The molecule has 5 nitrogen and oxygen atoms in total. The molecule has 0 atom stereocenters. The summed E-state index contributed by atoms with van der Waals surface area (Å²) in [6.07, 6.45) is 5.29. The van der Waals surface area contributed by atoms with Crippen LogP contribution in [0, 0.1) is 0 Å². The molecule has 2 rings (SSSR count). The summed E-state index contributed by atoms with van der Waals surface area (Å²) in [6, 6.07) is 0. The second kappa shape index (κ2) is 1.81. The molecule has 0 fully saturated rings. The van der Waals surface area contributed by atoms with Crippen molar-refractivity contribution in [2.45, 2.75) is 0 Å². The van der Waals surface area contributed by atoms with Crippen LogP contribution in [0.25, 0.3) is 0 Å². The van der Waals surface area contributed by atoms with Gasteiger partial charge >= 0.3 is 0 Å². The highest BCUT2D eigenvalue weighted by molar-refractivity contribution is 5.07. The SMILES string of the molecule is CN1C=C2N=NC=CN2N1. The van der Waals surface area contributed by atoms with Crippen molar-refractivity contribution >= 4 is 0 Å². The van der Waals surface area contributed by atoms with E-state index in [2.05, 4.69) is 15.8 Å². The third kappa shape index (κ3) is 0.679. The van der Waals surface area contributed by atoms with Crippen LogP contribution in [0.1, 0.15) is 0 Å². The Kier molecular flexibility index (Phi) is 0.983. The van der Waals surface area contributed by atoms with Crippen molar-refractivity contribution in [2.24, 2.45) is 10.2 Å². The molecular formula is C5H7N5. The Morgan fingerprint density at radius 3 is 3.30 bits per heavy atom. The first-order valence-electron chi connectivity index (χ1n) is 2.94. The monoisotopic (exact) mass is 137 g/mol. The summed E-state index contributed by atoms with van der Waals surface area (Å²) in [5.41, 5.74) is 2.99. The minimum atomic E-state index is 0.810. The van der Waals surface area contributed by atoms with Crippen molar-refractivity contribution in [2.75, 3.05) is 7.05 Å². The predicted octanol–water partition coefficient (Wildman–Crippen LogP) is 0.389. The summed E-state index contributed by atoms with van der Waals surface area (Å²) in [6.45, 7) is 0. The number of hydrazine groups is 2. The molecule has 1 N–H and O–H groups in total. The summed E-state index contributed by atoms with van der Waals surface area (Å²) in [7, 11) is 1.90. The molecule has 0 aromatic heterocycles. The molecule has 0 spiro atoms. The molecule has 0 aromatic rings. The van der Waals surface area contributed by atoms with E-state index < -0.39 is 0 Å². The van der Waals surface area contributed by atoms with Gasteiger partial charge in [-0.05, 0) is 0 Å². The van der Waals surface area contributed by atoms with Gasteiger partial charge in [0.05, 0.1) is 12.4 Å². The highest BCUT2D eigenvalue weighted by Crippen LogP contribution is 2.14. The normalized spacial score (nSPS) is 21.5. The molecule has 2 aliphatic heterocycles. The average Bonchev–Trinajstić information content (AvgIpc) is 2.27. The van der Waals surface area contributed by atoms with E-state index in [1.54, 1.807) is 11.2 Å². The quantitative estimate of drug-likeness (QED) is 0.525. The van der Waals surface area contributed by atoms with Gasteiger partial charge in [-0.25, -0.2) is 5.01 Å². The molecule has 0 saturated carbocycles. The van der Waals surface area contributed by atoms with Gasteiger partial charge in [-0.1, -0.05) is 0 Å². The largest absolute Gasteiger partial charge is 0.297 e.